The SMILES string of the molecule is C.C=C/C=C\C(=C)c1ccc(C)cc1. The zero-order valence-electron chi connectivity index (χ0n) is 7.96. The summed E-state index contributed by atoms with van der Waals surface area (Å²) in [6.07, 6.45) is 5.60. The molecule has 0 unspecified atom stereocenters. The molecule has 14 heavy (non-hydrogen) atoms. The van der Waals surface area contributed by atoms with Gasteiger partial charge in [0.15, 0.2) is 0 Å². The maximum Gasteiger partial charge on any atom is -0.0190 e. The number of allylic oxidation sites excluding steroid dienone is 4. The lowest BCUT2D eigenvalue weighted by Crippen LogP contribution is -1.78. The second-order valence-corrected chi connectivity index (χ2v) is 2.99. The molecule has 0 heterocycles. The van der Waals surface area contributed by atoms with E-state index in [-0.39, 0.29) is 7.43 Å². The van der Waals surface area contributed by atoms with Gasteiger partial charge in [-0.05, 0) is 18.1 Å². The zero-order valence-corrected chi connectivity index (χ0v) is 7.96. The maximum absolute atomic E-state index is 3.96. The van der Waals surface area contributed by atoms with E-state index in [2.05, 4.69) is 44.3 Å². The molecule has 0 amide bonds. The van der Waals surface area contributed by atoms with Gasteiger partial charge in [-0.1, -0.05) is 68.6 Å². The Morgan fingerprint density at radius 1 is 1.21 bits per heavy atom. The maximum atomic E-state index is 3.96. The van der Waals surface area contributed by atoms with Crippen LogP contribution in [0.4, 0.5) is 0 Å². The highest BCUT2D eigenvalue weighted by Gasteiger charge is 1.92. The number of benzene rings is 1. The molecule has 0 aliphatic heterocycles. The third-order valence-electron chi connectivity index (χ3n) is 1.86. The largest absolute Gasteiger partial charge is 0.0991 e. The normalized spacial score (nSPS) is 9.50. The fourth-order valence-corrected chi connectivity index (χ4v) is 1.05. The Morgan fingerprint density at radius 2 is 1.79 bits per heavy atom. The smallest absolute Gasteiger partial charge is 0.0190 e. The van der Waals surface area contributed by atoms with Crippen molar-refractivity contribution in [2.24, 2.45) is 0 Å². The van der Waals surface area contributed by atoms with Crippen molar-refractivity contribution in [3.63, 3.8) is 0 Å². The van der Waals surface area contributed by atoms with Crippen molar-refractivity contribution >= 4 is 5.57 Å². The van der Waals surface area contributed by atoms with E-state index in [1.54, 1.807) is 6.08 Å². The lowest BCUT2D eigenvalue weighted by molar-refractivity contribution is 1.46. The van der Waals surface area contributed by atoms with Gasteiger partial charge in [-0.3, -0.25) is 0 Å². The molecular formula is C14H18. The van der Waals surface area contributed by atoms with Gasteiger partial charge in [0.1, 0.15) is 0 Å². The number of aryl methyl sites for hydroxylation is 1. The van der Waals surface area contributed by atoms with Crippen molar-refractivity contribution in [1.82, 2.24) is 0 Å². The van der Waals surface area contributed by atoms with Crippen LogP contribution in [0.2, 0.25) is 0 Å². The highest BCUT2D eigenvalue weighted by atomic mass is 14.0. The van der Waals surface area contributed by atoms with E-state index in [9.17, 15) is 0 Å². The molecule has 0 fully saturated rings. The molecule has 0 nitrogen and oxygen atoms in total. The van der Waals surface area contributed by atoms with Crippen LogP contribution < -0.4 is 0 Å². The van der Waals surface area contributed by atoms with Gasteiger partial charge in [-0.15, -0.1) is 0 Å². The van der Waals surface area contributed by atoms with Gasteiger partial charge in [0.25, 0.3) is 0 Å². The molecule has 0 bridgehead atoms. The van der Waals surface area contributed by atoms with E-state index < -0.39 is 0 Å². The van der Waals surface area contributed by atoms with Crippen LogP contribution in [0.15, 0.2) is 55.7 Å². The van der Waals surface area contributed by atoms with Gasteiger partial charge in [0, 0.05) is 0 Å². The Balaban J connectivity index is 0.00000169. The average Bonchev–Trinajstić information content (AvgIpc) is 2.15. The molecule has 0 aliphatic carbocycles. The summed E-state index contributed by atoms with van der Waals surface area (Å²) in [7, 11) is 0. The summed E-state index contributed by atoms with van der Waals surface area (Å²) in [5.41, 5.74) is 3.44. The topological polar surface area (TPSA) is 0 Å². The van der Waals surface area contributed by atoms with Gasteiger partial charge in [-0.25, -0.2) is 0 Å². The van der Waals surface area contributed by atoms with Crippen LogP contribution in [0.25, 0.3) is 5.57 Å². The van der Waals surface area contributed by atoms with Crippen molar-refractivity contribution in [2.75, 3.05) is 0 Å². The minimum Gasteiger partial charge on any atom is -0.0991 e. The average molecular weight is 186 g/mol. The molecule has 0 heteroatoms. The summed E-state index contributed by atoms with van der Waals surface area (Å²) in [6, 6.07) is 8.32. The standard InChI is InChI=1S/C13H14.CH4/c1-4-5-6-12(3)13-9-7-11(2)8-10-13;/h4-10H,1,3H2,2H3;1H4/b6-5-;. The third-order valence-corrected chi connectivity index (χ3v) is 1.86. The van der Waals surface area contributed by atoms with Crippen LogP contribution >= 0.6 is 0 Å². The van der Waals surface area contributed by atoms with Gasteiger partial charge in [-0.2, -0.15) is 0 Å². The summed E-state index contributed by atoms with van der Waals surface area (Å²) in [4.78, 5) is 0. The van der Waals surface area contributed by atoms with E-state index in [0.29, 0.717) is 0 Å². The van der Waals surface area contributed by atoms with Crippen LogP contribution in [0.3, 0.4) is 0 Å². The molecule has 1 aromatic rings. The van der Waals surface area contributed by atoms with Crippen LogP contribution in [0.5, 0.6) is 0 Å². The molecule has 0 radical (unpaired) electrons. The third kappa shape index (κ3) is 3.44. The van der Waals surface area contributed by atoms with Crippen LogP contribution in [0.1, 0.15) is 18.6 Å². The first kappa shape index (κ1) is 12.4. The Labute approximate surface area is 87.3 Å². The van der Waals surface area contributed by atoms with Crippen molar-refractivity contribution < 1.29 is 0 Å². The summed E-state index contributed by atoms with van der Waals surface area (Å²) >= 11 is 0. The van der Waals surface area contributed by atoms with E-state index in [1.807, 2.05) is 12.2 Å². The van der Waals surface area contributed by atoms with Crippen molar-refractivity contribution in [2.45, 2.75) is 14.4 Å². The van der Waals surface area contributed by atoms with Gasteiger partial charge in [0.05, 0.1) is 0 Å². The van der Waals surface area contributed by atoms with Crippen LogP contribution in [-0.2, 0) is 0 Å². The highest BCUT2D eigenvalue weighted by molar-refractivity contribution is 5.72. The van der Waals surface area contributed by atoms with Crippen molar-refractivity contribution in [3.05, 3.63) is 66.8 Å². The monoisotopic (exact) mass is 186 g/mol. The van der Waals surface area contributed by atoms with Crippen LogP contribution in [-0.4, -0.2) is 0 Å². The fourth-order valence-electron chi connectivity index (χ4n) is 1.05. The van der Waals surface area contributed by atoms with E-state index in [1.165, 1.54) is 5.56 Å². The second-order valence-electron chi connectivity index (χ2n) is 2.99. The number of hydrogen-bond donors (Lipinski definition) is 0. The van der Waals surface area contributed by atoms with Crippen molar-refractivity contribution in [1.29, 1.82) is 0 Å². The predicted octanol–water partition coefficient (Wildman–Crippen LogP) is 4.39. The molecule has 0 atom stereocenters. The lowest BCUT2D eigenvalue weighted by atomic mass is 10.1. The first-order valence-electron chi connectivity index (χ1n) is 4.29. The lowest BCUT2D eigenvalue weighted by Gasteiger charge is -1.99. The van der Waals surface area contributed by atoms with Gasteiger partial charge < -0.3 is 0 Å². The Kier molecular flexibility index (Phi) is 5.31. The van der Waals surface area contributed by atoms with Gasteiger partial charge in [0.2, 0.25) is 0 Å². The molecule has 0 N–H and O–H groups in total. The minimum absolute atomic E-state index is 0. The first-order valence-corrected chi connectivity index (χ1v) is 4.29. The molecular weight excluding hydrogens is 168 g/mol. The van der Waals surface area contributed by atoms with Gasteiger partial charge >= 0.3 is 0 Å². The quantitative estimate of drug-likeness (QED) is 0.614. The predicted molar refractivity (Wildman–Crippen MR) is 66.3 cm³/mol. The molecule has 1 rings (SSSR count). The Morgan fingerprint density at radius 3 is 2.29 bits per heavy atom. The van der Waals surface area contributed by atoms with Crippen LogP contribution in [0, 0.1) is 6.92 Å². The highest BCUT2D eigenvalue weighted by Crippen LogP contribution is 2.14. The van der Waals surface area contributed by atoms with E-state index in [0.717, 1.165) is 11.1 Å². The fraction of sp³-hybridized carbons (Fsp3) is 0.143. The summed E-state index contributed by atoms with van der Waals surface area (Å²) in [5, 5.41) is 0. The second kappa shape index (κ2) is 5.98. The Bertz CT molecular complexity index is 326. The molecule has 1 aromatic carbocycles. The minimum atomic E-state index is 0. The number of hydrogen-bond acceptors (Lipinski definition) is 0. The summed E-state index contributed by atoms with van der Waals surface area (Å²) < 4.78 is 0. The molecule has 0 saturated heterocycles. The van der Waals surface area contributed by atoms with Crippen molar-refractivity contribution in [3.8, 4) is 0 Å². The summed E-state index contributed by atoms with van der Waals surface area (Å²) in [5.74, 6) is 0. The Hall–Kier alpha value is -1.56. The summed E-state index contributed by atoms with van der Waals surface area (Å²) in [6.45, 7) is 9.65. The molecule has 74 valence electrons. The van der Waals surface area contributed by atoms with E-state index in [4.69, 9.17) is 0 Å². The molecule has 0 aliphatic rings. The molecule has 0 saturated carbocycles. The number of rotatable bonds is 3. The first-order chi connectivity index (χ1) is 6.24. The molecule has 0 spiro atoms. The molecule has 0 aromatic heterocycles. The van der Waals surface area contributed by atoms with E-state index >= 15 is 0 Å². The zero-order chi connectivity index (χ0) is 9.68.